The fraction of sp³-hybridized carbons (Fsp3) is 0.0833. The van der Waals surface area contributed by atoms with Crippen LogP contribution in [0.2, 0.25) is 5.02 Å². The first kappa shape index (κ1) is 13.4. The van der Waals surface area contributed by atoms with Crippen molar-refractivity contribution >= 4 is 56.1 Å². The number of benzene rings is 1. The molecule has 0 atom stereocenters. The van der Waals surface area contributed by atoms with Crippen molar-refractivity contribution < 1.29 is 4.79 Å². The highest BCUT2D eigenvalue weighted by molar-refractivity contribution is 9.10. The van der Waals surface area contributed by atoms with E-state index < -0.39 is 0 Å². The van der Waals surface area contributed by atoms with Crippen molar-refractivity contribution in [2.45, 2.75) is 6.92 Å². The highest BCUT2D eigenvalue weighted by atomic mass is 79.9. The Morgan fingerprint density at radius 3 is 2.78 bits per heavy atom. The standard InChI is InChI=1S/C12H10BrClN2OS/c1-6-4-7(13)5-9(15)10(6)16-12(17)11-8(14)2-3-18-11/h2-5H,15H2,1H3,(H,16,17). The van der Waals surface area contributed by atoms with Gasteiger partial charge in [0.15, 0.2) is 0 Å². The summed E-state index contributed by atoms with van der Waals surface area (Å²) in [5.74, 6) is -0.243. The zero-order valence-electron chi connectivity index (χ0n) is 9.46. The van der Waals surface area contributed by atoms with Gasteiger partial charge in [-0.1, -0.05) is 27.5 Å². The third-order valence-corrected chi connectivity index (χ3v) is 4.19. The molecule has 1 aromatic heterocycles. The number of hydrogen-bond acceptors (Lipinski definition) is 3. The summed E-state index contributed by atoms with van der Waals surface area (Å²) >= 11 is 10.6. The van der Waals surface area contributed by atoms with Gasteiger partial charge in [0.25, 0.3) is 5.91 Å². The van der Waals surface area contributed by atoms with Gasteiger partial charge in [-0.2, -0.15) is 0 Å². The lowest BCUT2D eigenvalue weighted by molar-refractivity contribution is 0.103. The van der Waals surface area contributed by atoms with Crippen LogP contribution in [0.4, 0.5) is 11.4 Å². The van der Waals surface area contributed by atoms with Crippen molar-refractivity contribution in [2.24, 2.45) is 0 Å². The second-order valence-electron chi connectivity index (χ2n) is 3.74. The van der Waals surface area contributed by atoms with E-state index >= 15 is 0 Å². The Balaban J connectivity index is 2.31. The van der Waals surface area contributed by atoms with Gasteiger partial charge in [-0.15, -0.1) is 11.3 Å². The van der Waals surface area contributed by atoms with E-state index in [2.05, 4.69) is 21.2 Å². The molecule has 0 radical (unpaired) electrons. The Morgan fingerprint density at radius 1 is 1.50 bits per heavy atom. The molecule has 18 heavy (non-hydrogen) atoms. The molecule has 1 amide bonds. The molecule has 3 N–H and O–H groups in total. The number of carbonyl (C=O) groups excluding carboxylic acids is 1. The van der Waals surface area contributed by atoms with Gasteiger partial charge < -0.3 is 11.1 Å². The number of nitrogens with one attached hydrogen (secondary N) is 1. The zero-order chi connectivity index (χ0) is 13.3. The van der Waals surface area contributed by atoms with Crippen LogP contribution in [0.15, 0.2) is 28.1 Å². The topological polar surface area (TPSA) is 55.1 Å². The molecule has 0 unspecified atom stereocenters. The van der Waals surface area contributed by atoms with E-state index in [1.807, 2.05) is 13.0 Å². The predicted octanol–water partition coefficient (Wildman–Crippen LogP) is 4.31. The molecule has 6 heteroatoms. The van der Waals surface area contributed by atoms with E-state index in [9.17, 15) is 4.79 Å². The Morgan fingerprint density at radius 2 is 2.22 bits per heavy atom. The van der Waals surface area contributed by atoms with Gasteiger partial charge in [-0.05, 0) is 36.1 Å². The molecule has 0 fully saturated rings. The molecule has 1 heterocycles. The maximum absolute atomic E-state index is 12.0. The van der Waals surface area contributed by atoms with Gasteiger partial charge in [0.2, 0.25) is 0 Å². The van der Waals surface area contributed by atoms with E-state index in [0.29, 0.717) is 21.3 Å². The van der Waals surface area contributed by atoms with Gasteiger partial charge in [0, 0.05) is 4.47 Å². The van der Waals surface area contributed by atoms with Crippen LogP contribution in [0.3, 0.4) is 0 Å². The SMILES string of the molecule is Cc1cc(Br)cc(N)c1NC(=O)c1sccc1Cl. The second-order valence-corrected chi connectivity index (χ2v) is 5.98. The number of rotatable bonds is 2. The summed E-state index contributed by atoms with van der Waals surface area (Å²) in [5.41, 5.74) is 7.91. The molecule has 0 spiro atoms. The zero-order valence-corrected chi connectivity index (χ0v) is 12.6. The number of halogens is 2. The highest BCUT2D eigenvalue weighted by Gasteiger charge is 2.14. The molecule has 2 rings (SSSR count). The summed E-state index contributed by atoms with van der Waals surface area (Å²) in [6.45, 7) is 1.88. The fourth-order valence-electron chi connectivity index (χ4n) is 1.57. The average molecular weight is 346 g/mol. The smallest absolute Gasteiger partial charge is 0.267 e. The number of aryl methyl sites for hydroxylation is 1. The Hall–Kier alpha value is -1.04. The highest BCUT2D eigenvalue weighted by Crippen LogP contribution is 2.29. The minimum atomic E-state index is -0.243. The number of amides is 1. The largest absolute Gasteiger partial charge is 0.397 e. The molecule has 0 bridgehead atoms. The summed E-state index contributed by atoms with van der Waals surface area (Å²) in [5, 5.41) is 5.01. The lowest BCUT2D eigenvalue weighted by Gasteiger charge is -2.11. The van der Waals surface area contributed by atoms with Crippen molar-refractivity contribution in [2.75, 3.05) is 11.1 Å². The van der Waals surface area contributed by atoms with E-state index in [0.717, 1.165) is 10.0 Å². The van der Waals surface area contributed by atoms with Crippen molar-refractivity contribution in [3.8, 4) is 0 Å². The van der Waals surface area contributed by atoms with Gasteiger partial charge in [0.05, 0.1) is 16.4 Å². The third kappa shape index (κ3) is 2.68. The summed E-state index contributed by atoms with van der Waals surface area (Å²) in [4.78, 5) is 12.5. The number of thiophene rings is 1. The molecule has 0 aliphatic rings. The summed E-state index contributed by atoms with van der Waals surface area (Å²) in [7, 11) is 0. The maximum Gasteiger partial charge on any atom is 0.267 e. The first-order valence-corrected chi connectivity index (χ1v) is 7.14. The predicted molar refractivity (Wildman–Crippen MR) is 80.6 cm³/mol. The molecule has 2 aromatic rings. The van der Waals surface area contributed by atoms with Crippen LogP contribution in [-0.4, -0.2) is 5.91 Å². The number of nitrogen functional groups attached to an aromatic ring is 1. The fourth-order valence-corrected chi connectivity index (χ4v) is 3.19. The van der Waals surface area contributed by atoms with Crippen molar-refractivity contribution in [3.05, 3.63) is 43.5 Å². The minimum absolute atomic E-state index is 0.243. The summed E-state index contributed by atoms with van der Waals surface area (Å²) in [6.07, 6.45) is 0. The first-order valence-electron chi connectivity index (χ1n) is 5.09. The number of nitrogens with two attached hydrogens (primary N) is 1. The number of anilines is 2. The lowest BCUT2D eigenvalue weighted by Crippen LogP contribution is -2.13. The van der Waals surface area contributed by atoms with Crippen LogP contribution in [0.5, 0.6) is 0 Å². The van der Waals surface area contributed by atoms with E-state index in [1.165, 1.54) is 11.3 Å². The Labute approximate surface area is 122 Å². The van der Waals surface area contributed by atoms with Crippen LogP contribution in [0.25, 0.3) is 0 Å². The van der Waals surface area contributed by atoms with Crippen LogP contribution in [-0.2, 0) is 0 Å². The summed E-state index contributed by atoms with van der Waals surface area (Å²) in [6, 6.07) is 5.33. The Bertz CT molecular complexity index is 589. The van der Waals surface area contributed by atoms with Gasteiger partial charge >= 0.3 is 0 Å². The van der Waals surface area contributed by atoms with Gasteiger partial charge in [-0.3, -0.25) is 4.79 Å². The molecule has 0 aliphatic heterocycles. The van der Waals surface area contributed by atoms with Crippen LogP contribution in [0, 0.1) is 6.92 Å². The summed E-state index contributed by atoms with van der Waals surface area (Å²) < 4.78 is 0.879. The van der Waals surface area contributed by atoms with E-state index in [-0.39, 0.29) is 5.91 Å². The maximum atomic E-state index is 12.0. The molecule has 94 valence electrons. The molecule has 0 aliphatic carbocycles. The monoisotopic (exact) mass is 344 g/mol. The molecular weight excluding hydrogens is 336 g/mol. The van der Waals surface area contributed by atoms with Crippen LogP contribution in [0.1, 0.15) is 15.2 Å². The molecule has 0 saturated heterocycles. The van der Waals surface area contributed by atoms with E-state index in [1.54, 1.807) is 17.5 Å². The molecule has 1 aromatic carbocycles. The molecule has 3 nitrogen and oxygen atoms in total. The number of hydrogen-bond donors (Lipinski definition) is 2. The van der Waals surface area contributed by atoms with Gasteiger partial charge in [0.1, 0.15) is 4.88 Å². The normalized spacial score (nSPS) is 10.4. The first-order chi connectivity index (χ1) is 8.49. The minimum Gasteiger partial charge on any atom is -0.397 e. The quantitative estimate of drug-likeness (QED) is 0.797. The van der Waals surface area contributed by atoms with Crippen molar-refractivity contribution in [3.63, 3.8) is 0 Å². The van der Waals surface area contributed by atoms with E-state index in [4.69, 9.17) is 17.3 Å². The average Bonchev–Trinajstić information content (AvgIpc) is 2.69. The Kier molecular flexibility index (Phi) is 3.94. The molecular formula is C12H10BrClN2OS. The number of carbonyl (C=O) groups is 1. The van der Waals surface area contributed by atoms with Crippen LogP contribution < -0.4 is 11.1 Å². The van der Waals surface area contributed by atoms with Crippen molar-refractivity contribution in [1.29, 1.82) is 0 Å². The second kappa shape index (κ2) is 5.30. The van der Waals surface area contributed by atoms with Crippen molar-refractivity contribution in [1.82, 2.24) is 0 Å². The van der Waals surface area contributed by atoms with Crippen LogP contribution >= 0.6 is 38.9 Å². The lowest BCUT2D eigenvalue weighted by atomic mass is 10.1. The van der Waals surface area contributed by atoms with Gasteiger partial charge in [-0.25, -0.2) is 0 Å². The molecule has 0 saturated carbocycles. The third-order valence-electron chi connectivity index (χ3n) is 2.39.